The van der Waals surface area contributed by atoms with Crippen molar-refractivity contribution in [2.24, 2.45) is 11.8 Å². The van der Waals surface area contributed by atoms with Crippen LogP contribution in [0, 0.1) is 11.8 Å². The summed E-state index contributed by atoms with van der Waals surface area (Å²) in [5, 5.41) is 11.5. The first-order valence-electron chi connectivity index (χ1n) is 25.3. The molecular formula is C51H76O13. The van der Waals surface area contributed by atoms with Crippen molar-refractivity contribution in [3.05, 3.63) is 23.8 Å². The summed E-state index contributed by atoms with van der Waals surface area (Å²) in [6.45, 7) is 19.5. The predicted octanol–water partition coefficient (Wildman–Crippen LogP) is 6.76. The molecule has 0 aromatic carbocycles. The Bertz CT molecular complexity index is 1860. The number of carbonyl (C=O) groups is 1. The van der Waals surface area contributed by atoms with Gasteiger partial charge in [0.15, 0.2) is 0 Å². The average molecular weight is 897 g/mol. The largest absolute Gasteiger partial charge is 0.456 e. The van der Waals surface area contributed by atoms with E-state index in [0.29, 0.717) is 50.9 Å². The first-order chi connectivity index (χ1) is 30.4. The predicted molar refractivity (Wildman–Crippen MR) is 233 cm³/mol. The summed E-state index contributed by atoms with van der Waals surface area (Å²) in [6.07, 6.45) is 12.2. The second-order valence-electron chi connectivity index (χ2n) is 23.5. The molecule has 11 rings (SSSR count). The van der Waals surface area contributed by atoms with Crippen LogP contribution in [0.4, 0.5) is 0 Å². The van der Waals surface area contributed by atoms with E-state index in [1.165, 1.54) is 0 Å². The van der Waals surface area contributed by atoms with Gasteiger partial charge in [-0.25, -0.2) is 4.79 Å². The average Bonchev–Trinajstić information content (AvgIpc) is 3.43. The fourth-order valence-corrected chi connectivity index (χ4v) is 14.3. The maximum atomic E-state index is 12.3. The van der Waals surface area contributed by atoms with Gasteiger partial charge in [0.1, 0.15) is 23.9 Å². The highest BCUT2D eigenvalue weighted by molar-refractivity contribution is 5.84. The van der Waals surface area contributed by atoms with Crippen LogP contribution < -0.4 is 0 Å². The van der Waals surface area contributed by atoms with E-state index >= 15 is 0 Å². The van der Waals surface area contributed by atoms with Crippen LogP contribution in [-0.2, 0) is 56.9 Å². The van der Waals surface area contributed by atoms with Crippen molar-refractivity contribution in [3.8, 4) is 0 Å². The molecular weight excluding hydrogens is 821 g/mol. The topological polar surface area (TPSA) is 139 Å². The molecule has 0 aromatic rings. The van der Waals surface area contributed by atoms with Crippen molar-refractivity contribution in [1.29, 1.82) is 0 Å². The van der Waals surface area contributed by atoms with Crippen molar-refractivity contribution in [2.75, 3.05) is 0 Å². The van der Waals surface area contributed by atoms with Crippen LogP contribution >= 0.6 is 0 Å². The van der Waals surface area contributed by atoms with Crippen molar-refractivity contribution >= 4 is 5.97 Å². The molecule has 13 heteroatoms. The minimum Gasteiger partial charge on any atom is -0.456 e. The molecule has 11 heterocycles. The lowest BCUT2D eigenvalue weighted by Crippen LogP contribution is -2.70. The van der Waals surface area contributed by atoms with Crippen LogP contribution in [0.5, 0.6) is 0 Å². The lowest BCUT2D eigenvalue weighted by atomic mass is 9.72. The first-order valence-corrected chi connectivity index (χ1v) is 25.3. The minimum atomic E-state index is -0.793. The molecule has 0 saturated carbocycles. The Hall–Kier alpha value is -1.49. The third-order valence-corrected chi connectivity index (χ3v) is 18.5. The van der Waals surface area contributed by atoms with Gasteiger partial charge in [0.25, 0.3) is 0 Å². The molecule has 0 spiro atoms. The van der Waals surface area contributed by atoms with Gasteiger partial charge >= 0.3 is 5.97 Å². The zero-order chi connectivity index (χ0) is 44.7. The number of rotatable bonds is 3. The van der Waals surface area contributed by atoms with Gasteiger partial charge in [-0.05, 0) is 91.1 Å². The molecule has 0 amide bonds. The van der Waals surface area contributed by atoms with Gasteiger partial charge in [-0.15, -0.1) is 0 Å². The zero-order valence-corrected chi connectivity index (χ0v) is 39.7. The third-order valence-electron chi connectivity index (χ3n) is 18.5. The normalized spacial score (nSPS) is 57.6. The van der Waals surface area contributed by atoms with Crippen LogP contribution in [-0.4, -0.2) is 143 Å². The van der Waals surface area contributed by atoms with E-state index < -0.39 is 34.1 Å². The number of fused-ring (bicyclic) bond motifs is 10. The SMILES string of the molecule is CCC(C)C[C@@H]1C[C@H](O)[C@]2(C)O[C@@H]3C[C@@H]4O[C@@H]5C[C@]6(C)O[C@]7(C)CC[C@@H]8O[C@@H]9C[C@]%10(C)O[C@@H]%11C(C)=CC(=O)OC%11CC%10OC9C[C@@H](C)C8OC7CC6O[C@@]5(C)C/C=C\C4OC3CC2O1. The number of hydrogen-bond acceptors (Lipinski definition) is 13. The van der Waals surface area contributed by atoms with Gasteiger partial charge in [-0.1, -0.05) is 39.3 Å². The van der Waals surface area contributed by atoms with E-state index in [1.807, 2.05) is 13.8 Å². The number of ether oxygens (including phenoxy) is 11. The molecule has 13 nitrogen and oxygen atoms in total. The van der Waals surface area contributed by atoms with Gasteiger partial charge in [0.2, 0.25) is 0 Å². The quantitative estimate of drug-likeness (QED) is 0.236. The molecule has 0 radical (unpaired) electrons. The summed E-state index contributed by atoms with van der Waals surface area (Å²) in [6, 6.07) is 0. The standard InChI is InChI=1S/C51H76O13/c1-10-26(2)16-29-19-38(52)51(9)42(54-29)21-34-35(61-51)20-33-30(55-34)12-11-14-47(5)43(58-33)25-50(8)41(62-47)23-40-48(6,64-50)15-13-31-45(60-40)27(3)17-32-37(56-31)24-49(7)39(57-32)22-36-46(63-49)28(4)18-44(53)59-36/h11-12,18,26-27,29-43,45-46,52H,10,13-17,19-25H2,1-9H3/b12-11-/t26?,27-,29-,30?,31+,32?,33+,34?,35-,36?,37-,38+,39?,40?,41?,42?,43-,45?,46-,47+,48-,49+,50+,51+/m1/s1. The summed E-state index contributed by atoms with van der Waals surface area (Å²) in [5.74, 6) is 0.416. The Morgan fingerprint density at radius 1 is 0.703 bits per heavy atom. The van der Waals surface area contributed by atoms with E-state index in [9.17, 15) is 9.90 Å². The Morgan fingerprint density at radius 2 is 1.47 bits per heavy atom. The van der Waals surface area contributed by atoms with Crippen LogP contribution in [0.1, 0.15) is 146 Å². The summed E-state index contributed by atoms with van der Waals surface area (Å²) in [5.41, 5.74) is -2.19. The number of aliphatic hydroxyl groups is 1. The van der Waals surface area contributed by atoms with Gasteiger partial charge in [0.05, 0.1) is 108 Å². The maximum Gasteiger partial charge on any atom is 0.331 e. The van der Waals surface area contributed by atoms with E-state index in [0.717, 1.165) is 44.1 Å². The summed E-state index contributed by atoms with van der Waals surface area (Å²) in [4.78, 5) is 12.3. The highest BCUT2D eigenvalue weighted by Crippen LogP contribution is 2.55. The summed E-state index contributed by atoms with van der Waals surface area (Å²) in [7, 11) is 0. The molecule has 9 fully saturated rings. The fourth-order valence-electron chi connectivity index (χ4n) is 14.3. The Balaban J connectivity index is 0.775. The molecule has 1 N–H and O–H groups in total. The van der Waals surface area contributed by atoms with Crippen LogP contribution in [0.15, 0.2) is 23.8 Å². The third kappa shape index (κ3) is 7.55. The summed E-state index contributed by atoms with van der Waals surface area (Å²) < 4.78 is 76.2. The molecule has 11 aliphatic heterocycles. The lowest BCUT2D eigenvalue weighted by Gasteiger charge is -2.60. The molecule has 24 atom stereocenters. The molecule has 0 aliphatic carbocycles. The Labute approximate surface area is 380 Å². The minimum absolute atomic E-state index is 0.0242. The Morgan fingerprint density at radius 3 is 2.28 bits per heavy atom. The smallest absolute Gasteiger partial charge is 0.331 e. The molecule has 0 bridgehead atoms. The first kappa shape index (κ1) is 45.0. The van der Waals surface area contributed by atoms with Crippen molar-refractivity contribution in [2.45, 2.75) is 278 Å². The monoisotopic (exact) mass is 897 g/mol. The molecule has 10 unspecified atom stereocenters. The van der Waals surface area contributed by atoms with E-state index in [1.54, 1.807) is 6.08 Å². The molecule has 64 heavy (non-hydrogen) atoms. The van der Waals surface area contributed by atoms with Crippen LogP contribution in [0.25, 0.3) is 0 Å². The van der Waals surface area contributed by atoms with Gasteiger partial charge in [-0.3, -0.25) is 0 Å². The number of carbonyl (C=O) groups excluding carboxylic acids is 1. The second-order valence-corrected chi connectivity index (χ2v) is 23.5. The van der Waals surface area contributed by atoms with Gasteiger partial charge in [0, 0.05) is 51.0 Å². The van der Waals surface area contributed by atoms with Crippen molar-refractivity contribution in [1.82, 2.24) is 0 Å². The second kappa shape index (κ2) is 16.0. The van der Waals surface area contributed by atoms with Gasteiger partial charge in [-0.2, -0.15) is 0 Å². The molecule has 9 saturated heterocycles. The van der Waals surface area contributed by atoms with Crippen molar-refractivity contribution < 1.29 is 62.0 Å². The zero-order valence-electron chi connectivity index (χ0n) is 39.7. The molecule has 358 valence electrons. The van der Waals surface area contributed by atoms with Crippen molar-refractivity contribution in [3.63, 3.8) is 0 Å². The fraction of sp³-hybridized carbons (Fsp3) is 0.902. The van der Waals surface area contributed by atoms with E-state index in [2.05, 4.69) is 60.6 Å². The number of hydrogen-bond donors (Lipinski definition) is 1. The number of aliphatic hydroxyl groups excluding tert-OH is 1. The molecule has 0 aromatic heterocycles. The highest BCUT2D eigenvalue weighted by atomic mass is 16.7. The van der Waals surface area contributed by atoms with E-state index in [4.69, 9.17) is 52.1 Å². The maximum absolute atomic E-state index is 12.3. The lowest BCUT2D eigenvalue weighted by molar-refractivity contribution is -0.356. The van der Waals surface area contributed by atoms with Crippen LogP contribution in [0.2, 0.25) is 0 Å². The van der Waals surface area contributed by atoms with E-state index in [-0.39, 0.29) is 110 Å². The Kier molecular flexibility index (Phi) is 11.3. The molecule has 11 aliphatic rings. The van der Waals surface area contributed by atoms with Gasteiger partial charge < -0.3 is 57.2 Å². The summed E-state index contributed by atoms with van der Waals surface area (Å²) >= 11 is 0. The van der Waals surface area contributed by atoms with Crippen LogP contribution in [0.3, 0.4) is 0 Å². The highest BCUT2D eigenvalue weighted by Gasteiger charge is 2.64. The number of esters is 1.